The monoisotopic (exact) mass is 659 g/mol. The van der Waals surface area contributed by atoms with Crippen molar-refractivity contribution in [2.24, 2.45) is 0 Å². The summed E-state index contributed by atoms with van der Waals surface area (Å²) in [6.45, 7) is 8.31. The van der Waals surface area contributed by atoms with Gasteiger partial charge in [-0.1, -0.05) is 68.4 Å². The van der Waals surface area contributed by atoms with Crippen LogP contribution in [-0.2, 0) is 19.8 Å². The van der Waals surface area contributed by atoms with Gasteiger partial charge in [-0.05, 0) is 61.0 Å². The van der Waals surface area contributed by atoms with Gasteiger partial charge in [-0.2, -0.15) is 0 Å². The Labute approximate surface area is 280 Å². The topological polar surface area (TPSA) is 124 Å². The summed E-state index contributed by atoms with van der Waals surface area (Å²) in [6, 6.07) is 25.1. The summed E-state index contributed by atoms with van der Waals surface area (Å²) in [5.74, 6) is 1.39. The normalized spacial score (nSPS) is 19.5. The van der Waals surface area contributed by atoms with E-state index in [4.69, 9.17) is 23.7 Å². The minimum absolute atomic E-state index is 0.0718. The maximum Gasteiger partial charge on any atom is 0.330 e. The van der Waals surface area contributed by atoms with Crippen molar-refractivity contribution >= 4 is 0 Å². The van der Waals surface area contributed by atoms with Crippen molar-refractivity contribution in [2.45, 2.75) is 50.9 Å². The van der Waals surface area contributed by atoms with Crippen LogP contribution in [0.4, 0.5) is 0 Å². The average Bonchev–Trinajstić information content (AvgIpc) is 3.43. The van der Waals surface area contributed by atoms with Crippen LogP contribution in [0.5, 0.6) is 11.5 Å². The van der Waals surface area contributed by atoms with Crippen LogP contribution >= 0.6 is 0 Å². The van der Waals surface area contributed by atoms with Gasteiger partial charge in [-0.25, -0.2) is 4.79 Å². The molecular formula is C37H45N3O8. The lowest BCUT2D eigenvalue weighted by atomic mass is 9.80. The van der Waals surface area contributed by atoms with E-state index < -0.39 is 41.4 Å². The molecule has 0 spiro atoms. The summed E-state index contributed by atoms with van der Waals surface area (Å²) in [4.78, 5) is 29.8. The van der Waals surface area contributed by atoms with Gasteiger partial charge in [0.1, 0.15) is 35.4 Å². The third kappa shape index (κ3) is 7.25. The fourth-order valence-electron chi connectivity index (χ4n) is 6.17. The third-order valence-corrected chi connectivity index (χ3v) is 8.98. The first-order chi connectivity index (χ1) is 23.2. The van der Waals surface area contributed by atoms with Crippen molar-refractivity contribution in [1.82, 2.24) is 14.5 Å². The summed E-state index contributed by atoms with van der Waals surface area (Å²) < 4.78 is 31.9. The van der Waals surface area contributed by atoms with Gasteiger partial charge in [0, 0.05) is 18.3 Å². The number of aromatic nitrogens is 2. The summed E-state index contributed by atoms with van der Waals surface area (Å²) in [5.41, 5.74) is 0.537. The Morgan fingerprint density at radius 1 is 0.875 bits per heavy atom. The zero-order valence-corrected chi connectivity index (χ0v) is 28.1. The summed E-state index contributed by atoms with van der Waals surface area (Å²) >= 11 is 0. The molecule has 0 bridgehead atoms. The Hall–Kier alpha value is -4.26. The van der Waals surface area contributed by atoms with Crippen LogP contribution in [0.2, 0.25) is 0 Å². The highest BCUT2D eigenvalue weighted by molar-refractivity contribution is 5.49. The summed E-state index contributed by atoms with van der Waals surface area (Å²) in [6.07, 6.45) is -2.55. The van der Waals surface area contributed by atoms with E-state index >= 15 is 0 Å². The van der Waals surface area contributed by atoms with E-state index in [0.29, 0.717) is 30.2 Å². The highest BCUT2D eigenvalue weighted by Gasteiger charge is 2.48. The number of aliphatic hydroxyl groups is 1. The molecule has 1 fully saturated rings. The molecule has 4 atom stereocenters. The van der Waals surface area contributed by atoms with E-state index in [9.17, 15) is 14.7 Å². The lowest BCUT2D eigenvalue weighted by Crippen LogP contribution is -2.42. The number of methoxy groups -OCH3 is 2. The second-order valence-corrected chi connectivity index (χ2v) is 11.7. The van der Waals surface area contributed by atoms with Gasteiger partial charge in [0.25, 0.3) is 5.56 Å². The highest BCUT2D eigenvalue weighted by atomic mass is 16.6. The number of nitrogens with one attached hydrogen (secondary N) is 1. The number of likely N-dealkylation sites (N-methyl/N-ethyl adjacent to an activating group) is 1. The first-order valence-electron chi connectivity index (χ1n) is 16.2. The number of benzene rings is 3. The fourth-order valence-corrected chi connectivity index (χ4v) is 6.17. The van der Waals surface area contributed by atoms with Crippen molar-refractivity contribution in [3.8, 4) is 11.5 Å². The van der Waals surface area contributed by atoms with Crippen LogP contribution < -0.4 is 20.7 Å². The maximum absolute atomic E-state index is 13.0. The standard InChI is InChI=1S/C37H45N3O8/c1-6-39(7-2)21-22-46-33-32(41)31(48-35(33)40-23-25(3)34(42)38-36(40)43)24-47-37(26-11-9-8-10-12-26,27-13-17-29(44-4)18-14-27)28-15-19-30(45-5)20-16-28/h8-20,23,31-33,35,41H,6-7,21-22,24H2,1-5H3,(H,38,42,43)/t31-,32-,33-,35-/m1/s1. The predicted molar refractivity (Wildman–Crippen MR) is 182 cm³/mol. The van der Waals surface area contributed by atoms with Crippen LogP contribution in [0, 0.1) is 6.92 Å². The van der Waals surface area contributed by atoms with Crippen molar-refractivity contribution in [2.75, 3.05) is 47.1 Å². The number of aromatic amines is 1. The lowest BCUT2D eigenvalue weighted by molar-refractivity contribution is -0.0985. The Balaban J connectivity index is 1.54. The third-order valence-electron chi connectivity index (χ3n) is 8.98. The minimum Gasteiger partial charge on any atom is -0.497 e. The van der Waals surface area contributed by atoms with Gasteiger partial charge in [0.2, 0.25) is 0 Å². The Morgan fingerprint density at radius 3 is 1.98 bits per heavy atom. The van der Waals surface area contributed by atoms with Gasteiger partial charge in [-0.3, -0.25) is 14.3 Å². The maximum atomic E-state index is 13.0. The highest BCUT2D eigenvalue weighted by Crippen LogP contribution is 2.43. The molecule has 256 valence electrons. The Bertz CT molecular complexity index is 1670. The van der Waals surface area contributed by atoms with Crippen LogP contribution in [0.15, 0.2) is 94.6 Å². The van der Waals surface area contributed by atoms with E-state index in [-0.39, 0.29) is 6.61 Å². The van der Waals surface area contributed by atoms with Gasteiger partial charge in [0.05, 0.1) is 27.4 Å². The number of hydrogen-bond donors (Lipinski definition) is 2. The van der Waals surface area contributed by atoms with E-state index in [1.807, 2.05) is 78.9 Å². The molecule has 1 aliphatic rings. The van der Waals surface area contributed by atoms with Gasteiger partial charge < -0.3 is 33.7 Å². The lowest BCUT2D eigenvalue weighted by Gasteiger charge is -2.37. The molecular weight excluding hydrogens is 614 g/mol. The summed E-state index contributed by atoms with van der Waals surface area (Å²) in [5, 5.41) is 11.8. The first kappa shape index (κ1) is 35.1. The summed E-state index contributed by atoms with van der Waals surface area (Å²) in [7, 11) is 3.23. The molecule has 1 aromatic heterocycles. The molecule has 1 saturated heterocycles. The molecule has 4 aromatic rings. The number of H-pyrrole nitrogens is 1. The largest absolute Gasteiger partial charge is 0.497 e. The number of nitrogens with zero attached hydrogens (tertiary/aromatic N) is 2. The average molecular weight is 660 g/mol. The van der Waals surface area contributed by atoms with Crippen molar-refractivity contribution in [3.63, 3.8) is 0 Å². The van der Waals surface area contributed by atoms with Crippen LogP contribution in [0.1, 0.15) is 42.3 Å². The van der Waals surface area contributed by atoms with Gasteiger partial charge >= 0.3 is 5.69 Å². The zero-order chi connectivity index (χ0) is 34.3. The predicted octanol–water partition coefficient (Wildman–Crippen LogP) is 3.86. The number of ether oxygens (including phenoxy) is 5. The molecule has 11 heteroatoms. The molecule has 1 aliphatic heterocycles. The zero-order valence-electron chi connectivity index (χ0n) is 28.1. The SMILES string of the molecule is CCN(CC)CCO[C@@H]1[C@H](O)[C@@H](COC(c2ccccc2)(c2ccc(OC)cc2)c2ccc(OC)cc2)O[C@H]1n1cc(C)c(=O)[nH]c1=O. The van der Waals surface area contributed by atoms with E-state index in [2.05, 4.69) is 23.7 Å². The second kappa shape index (κ2) is 15.8. The number of hydrogen-bond acceptors (Lipinski definition) is 9. The Morgan fingerprint density at radius 2 is 1.44 bits per heavy atom. The van der Waals surface area contributed by atoms with Crippen molar-refractivity contribution in [3.05, 3.63) is 128 Å². The molecule has 0 unspecified atom stereocenters. The molecule has 0 radical (unpaired) electrons. The van der Waals surface area contributed by atoms with E-state index in [1.165, 1.54) is 10.8 Å². The molecule has 2 heterocycles. The smallest absolute Gasteiger partial charge is 0.330 e. The molecule has 5 rings (SSSR count). The number of aryl methyl sites for hydroxylation is 1. The van der Waals surface area contributed by atoms with Crippen LogP contribution in [-0.4, -0.2) is 84.9 Å². The van der Waals surface area contributed by atoms with Crippen LogP contribution in [0.25, 0.3) is 0 Å². The molecule has 2 N–H and O–H groups in total. The van der Waals surface area contributed by atoms with Crippen LogP contribution in [0.3, 0.4) is 0 Å². The molecule has 0 aliphatic carbocycles. The molecule has 11 nitrogen and oxygen atoms in total. The Kier molecular flexibility index (Phi) is 11.5. The van der Waals surface area contributed by atoms with E-state index in [1.54, 1.807) is 21.1 Å². The van der Waals surface area contributed by atoms with Gasteiger partial charge in [-0.15, -0.1) is 0 Å². The quantitative estimate of drug-likeness (QED) is 0.183. The molecule has 0 saturated carbocycles. The van der Waals surface area contributed by atoms with Crippen molar-refractivity contribution < 1.29 is 28.8 Å². The molecule has 48 heavy (non-hydrogen) atoms. The van der Waals surface area contributed by atoms with Crippen molar-refractivity contribution in [1.29, 1.82) is 0 Å². The van der Waals surface area contributed by atoms with Gasteiger partial charge in [0.15, 0.2) is 6.23 Å². The molecule has 3 aromatic carbocycles. The number of rotatable bonds is 15. The fraction of sp³-hybridized carbons (Fsp3) is 0.405. The number of aliphatic hydroxyl groups excluding tert-OH is 1. The second-order valence-electron chi connectivity index (χ2n) is 11.7. The first-order valence-corrected chi connectivity index (χ1v) is 16.2. The molecule has 0 amide bonds. The minimum atomic E-state index is -1.16. The van der Waals surface area contributed by atoms with E-state index in [0.717, 1.165) is 29.8 Å².